The van der Waals surface area contributed by atoms with Gasteiger partial charge in [0.1, 0.15) is 5.75 Å². The minimum absolute atomic E-state index is 0.117. The first-order chi connectivity index (χ1) is 11.9. The van der Waals surface area contributed by atoms with Gasteiger partial charge in [-0.05, 0) is 37.0 Å². The number of rotatable bonds is 8. The Hall–Kier alpha value is -2.30. The quantitative estimate of drug-likeness (QED) is 0.749. The second-order valence-electron chi connectivity index (χ2n) is 6.69. The number of carbonyl (C=O) groups is 2. The highest BCUT2D eigenvalue weighted by molar-refractivity contribution is 6.08. The van der Waals surface area contributed by atoms with E-state index in [2.05, 4.69) is 13.8 Å². The molecular weight excluding hydrogens is 318 g/mol. The third-order valence-corrected chi connectivity index (χ3v) is 4.89. The summed E-state index contributed by atoms with van der Waals surface area (Å²) < 4.78 is 0. The van der Waals surface area contributed by atoms with Crippen molar-refractivity contribution in [1.82, 2.24) is 4.90 Å². The first-order valence-corrected chi connectivity index (χ1v) is 8.94. The lowest BCUT2D eigenvalue weighted by Gasteiger charge is -2.30. The molecule has 0 aromatic heterocycles. The molecule has 25 heavy (non-hydrogen) atoms. The highest BCUT2D eigenvalue weighted by atomic mass is 16.3. The topological polar surface area (TPSA) is 77.8 Å². The van der Waals surface area contributed by atoms with E-state index in [0.29, 0.717) is 18.0 Å². The molecule has 0 saturated heterocycles. The number of unbranched alkanes of at least 4 members (excludes halogenated alkanes) is 1. The van der Waals surface area contributed by atoms with Crippen LogP contribution in [0.3, 0.4) is 0 Å². The van der Waals surface area contributed by atoms with Crippen molar-refractivity contribution >= 4 is 11.7 Å². The Labute approximate surface area is 149 Å². The smallest absolute Gasteiger partial charge is 0.290 e. The molecule has 2 rings (SSSR count). The van der Waals surface area contributed by atoms with Crippen LogP contribution in [0.15, 0.2) is 35.6 Å². The third-order valence-electron chi connectivity index (χ3n) is 4.89. The van der Waals surface area contributed by atoms with Gasteiger partial charge in [0, 0.05) is 6.54 Å². The lowest BCUT2D eigenvalue weighted by Crippen LogP contribution is -2.35. The van der Waals surface area contributed by atoms with Gasteiger partial charge in [0.2, 0.25) is 0 Å². The lowest BCUT2D eigenvalue weighted by molar-refractivity contribution is -0.130. The Balaban J connectivity index is 2.37. The number of aliphatic hydroxyl groups excluding tert-OH is 1. The highest BCUT2D eigenvalue weighted by Gasteiger charge is 2.42. The molecule has 0 bridgehead atoms. The summed E-state index contributed by atoms with van der Waals surface area (Å²) in [6.45, 7) is 6.09. The Morgan fingerprint density at radius 3 is 2.36 bits per heavy atom. The number of amides is 1. The van der Waals surface area contributed by atoms with Crippen LogP contribution in [-0.2, 0) is 9.59 Å². The molecule has 5 nitrogen and oxygen atoms in total. The van der Waals surface area contributed by atoms with E-state index in [-0.39, 0.29) is 17.1 Å². The van der Waals surface area contributed by atoms with Crippen LogP contribution in [0.4, 0.5) is 0 Å². The minimum Gasteiger partial charge on any atom is -0.508 e. The van der Waals surface area contributed by atoms with E-state index < -0.39 is 17.7 Å². The number of hydrogen-bond acceptors (Lipinski definition) is 4. The molecule has 2 N–H and O–H groups in total. The molecule has 0 radical (unpaired) electrons. The van der Waals surface area contributed by atoms with Gasteiger partial charge in [-0.25, -0.2) is 0 Å². The average Bonchev–Trinajstić information content (AvgIpc) is 2.84. The molecule has 1 amide bonds. The van der Waals surface area contributed by atoms with E-state index in [1.807, 2.05) is 0 Å². The number of phenols is 1. The van der Waals surface area contributed by atoms with Gasteiger partial charge in [0.05, 0.1) is 11.6 Å². The molecule has 1 aromatic rings. The summed E-state index contributed by atoms with van der Waals surface area (Å²) in [6.07, 6.45) is 4.12. The van der Waals surface area contributed by atoms with Crippen molar-refractivity contribution in [3.63, 3.8) is 0 Å². The monoisotopic (exact) mass is 345 g/mol. The van der Waals surface area contributed by atoms with Crippen molar-refractivity contribution in [2.75, 3.05) is 6.54 Å². The molecule has 1 aliphatic heterocycles. The van der Waals surface area contributed by atoms with Crippen molar-refractivity contribution < 1.29 is 19.8 Å². The largest absolute Gasteiger partial charge is 0.508 e. The predicted molar refractivity (Wildman–Crippen MR) is 96.2 cm³/mol. The van der Waals surface area contributed by atoms with E-state index in [1.54, 1.807) is 17.0 Å². The van der Waals surface area contributed by atoms with Gasteiger partial charge in [-0.3, -0.25) is 9.59 Å². The van der Waals surface area contributed by atoms with Crippen molar-refractivity contribution in [3.8, 4) is 5.75 Å². The van der Waals surface area contributed by atoms with Crippen molar-refractivity contribution in [1.29, 1.82) is 0 Å². The summed E-state index contributed by atoms with van der Waals surface area (Å²) in [5.74, 6) is -0.809. The fourth-order valence-corrected chi connectivity index (χ4v) is 3.40. The Morgan fingerprint density at radius 2 is 1.84 bits per heavy atom. The van der Waals surface area contributed by atoms with Crippen molar-refractivity contribution in [3.05, 3.63) is 41.2 Å². The molecule has 0 fully saturated rings. The standard InChI is InChI=1S/C20H27NO4/c1-4-6-7-14(5-2)12-21-18(15-8-10-16(23)11-9-15)17(13(3)22)19(24)20(21)25/h8-11,14,18,23-24H,4-7,12H2,1-3H3/t14-,18+/m1/s1. The normalized spacial score (nSPS) is 18.8. The van der Waals surface area contributed by atoms with Crippen molar-refractivity contribution in [2.24, 2.45) is 5.92 Å². The number of phenolic OH excluding ortho intramolecular Hbond substituents is 1. The maximum absolute atomic E-state index is 12.6. The fraction of sp³-hybridized carbons (Fsp3) is 0.500. The summed E-state index contributed by atoms with van der Waals surface area (Å²) in [4.78, 5) is 26.3. The molecule has 0 saturated carbocycles. The second kappa shape index (κ2) is 8.19. The van der Waals surface area contributed by atoms with E-state index in [0.717, 1.165) is 25.7 Å². The number of Topliss-reactive ketones (excluding diaryl/α,β-unsaturated/α-hetero) is 1. The summed E-state index contributed by atoms with van der Waals surface area (Å²) in [7, 11) is 0. The SMILES string of the molecule is CCCC[C@@H](CC)CN1C(=O)C(O)=C(C(C)=O)[C@@H]1c1ccc(O)cc1. The average molecular weight is 345 g/mol. The van der Waals surface area contributed by atoms with Crippen LogP contribution >= 0.6 is 0 Å². The number of benzene rings is 1. The number of hydrogen-bond donors (Lipinski definition) is 2. The summed E-state index contributed by atoms with van der Waals surface area (Å²) >= 11 is 0. The van der Waals surface area contributed by atoms with Gasteiger partial charge in [0.25, 0.3) is 5.91 Å². The van der Waals surface area contributed by atoms with Crippen LogP contribution in [-0.4, -0.2) is 33.3 Å². The number of nitrogens with zero attached hydrogens (tertiary/aromatic N) is 1. The van der Waals surface area contributed by atoms with E-state index >= 15 is 0 Å². The summed E-state index contributed by atoms with van der Waals surface area (Å²) in [5, 5.41) is 19.8. The van der Waals surface area contributed by atoms with Crippen LogP contribution in [0.2, 0.25) is 0 Å². The first kappa shape index (κ1) is 19.0. The van der Waals surface area contributed by atoms with Crippen LogP contribution in [0.1, 0.15) is 58.1 Å². The number of ketones is 1. The van der Waals surface area contributed by atoms with Crippen LogP contribution in [0.25, 0.3) is 0 Å². The van der Waals surface area contributed by atoms with Crippen molar-refractivity contribution in [2.45, 2.75) is 52.5 Å². The highest BCUT2D eigenvalue weighted by Crippen LogP contribution is 2.39. The van der Waals surface area contributed by atoms with Gasteiger partial charge in [-0.1, -0.05) is 45.2 Å². The van der Waals surface area contributed by atoms with Crippen LogP contribution < -0.4 is 0 Å². The summed E-state index contributed by atoms with van der Waals surface area (Å²) in [6, 6.07) is 5.84. The molecule has 0 aliphatic carbocycles. The maximum Gasteiger partial charge on any atom is 0.290 e. The Morgan fingerprint density at radius 1 is 1.20 bits per heavy atom. The third kappa shape index (κ3) is 4.03. The molecular formula is C20H27NO4. The van der Waals surface area contributed by atoms with Gasteiger partial charge in [0.15, 0.2) is 11.5 Å². The molecule has 1 heterocycles. The predicted octanol–water partition coefficient (Wildman–Crippen LogP) is 3.89. The zero-order chi connectivity index (χ0) is 18.6. The van der Waals surface area contributed by atoms with Crippen LogP contribution in [0, 0.1) is 5.92 Å². The van der Waals surface area contributed by atoms with Gasteiger partial charge in [-0.2, -0.15) is 0 Å². The van der Waals surface area contributed by atoms with Gasteiger partial charge >= 0.3 is 0 Å². The molecule has 136 valence electrons. The second-order valence-corrected chi connectivity index (χ2v) is 6.69. The maximum atomic E-state index is 12.6. The Kier molecular flexibility index (Phi) is 6.23. The first-order valence-electron chi connectivity index (χ1n) is 8.94. The number of aromatic hydroxyl groups is 1. The van der Waals surface area contributed by atoms with Crippen LogP contribution in [0.5, 0.6) is 5.75 Å². The molecule has 0 spiro atoms. The van der Waals surface area contributed by atoms with E-state index in [9.17, 15) is 19.8 Å². The molecule has 1 aliphatic rings. The molecule has 2 atom stereocenters. The number of aliphatic hydroxyl groups is 1. The lowest BCUT2D eigenvalue weighted by atomic mass is 9.94. The minimum atomic E-state index is -0.596. The summed E-state index contributed by atoms with van der Waals surface area (Å²) in [5.41, 5.74) is 0.853. The molecule has 5 heteroatoms. The van der Waals surface area contributed by atoms with E-state index in [4.69, 9.17) is 0 Å². The van der Waals surface area contributed by atoms with Gasteiger partial charge in [-0.15, -0.1) is 0 Å². The fourth-order valence-electron chi connectivity index (χ4n) is 3.40. The zero-order valence-corrected chi connectivity index (χ0v) is 15.2. The Bertz CT molecular complexity index is 663. The van der Waals surface area contributed by atoms with E-state index in [1.165, 1.54) is 19.1 Å². The molecule has 0 unspecified atom stereocenters. The molecule has 1 aromatic carbocycles. The van der Waals surface area contributed by atoms with Gasteiger partial charge < -0.3 is 15.1 Å². The zero-order valence-electron chi connectivity index (χ0n) is 15.2. The number of carbonyl (C=O) groups excluding carboxylic acids is 2.